The predicted octanol–water partition coefficient (Wildman–Crippen LogP) is 4.25. The maximum absolute atomic E-state index is 10.4. The van der Waals surface area contributed by atoms with Crippen LogP contribution in [0.2, 0.25) is 0 Å². The smallest absolute Gasteiger partial charge is 0.135 e. The average Bonchev–Trinajstić information content (AvgIpc) is 3.18. The molecule has 5 nitrogen and oxygen atoms in total. The van der Waals surface area contributed by atoms with Gasteiger partial charge in [-0.2, -0.15) is 0 Å². The highest BCUT2D eigenvalue weighted by atomic mass is 32.1. The lowest BCUT2D eigenvalue weighted by atomic mass is 9.93. The first kappa shape index (κ1) is 18.5. The first-order valence-corrected chi connectivity index (χ1v) is 9.53. The second-order valence-corrected chi connectivity index (χ2v) is 8.34. The van der Waals surface area contributed by atoms with Crippen molar-refractivity contribution in [3.05, 3.63) is 51.7 Å². The maximum atomic E-state index is 10.4. The zero-order chi connectivity index (χ0) is 18.9. The highest BCUT2D eigenvalue weighted by molar-refractivity contribution is 7.11. The second kappa shape index (κ2) is 7.11. The van der Waals surface area contributed by atoms with Gasteiger partial charge in [0.1, 0.15) is 22.4 Å². The van der Waals surface area contributed by atoms with Crippen LogP contribution in [0.4, 0.5) is 0 Å². The number of nitrogens with one attached hydrogen (secondary N) is 1. The third-order valence-corrected chi connectivity index (χ3v) is 5.36. The van der Waals surface area contributed by atoms with E-state index in [1.54, 1.807) is 7.11 Å². The van der Waals surface area contributed by atoms with E-state index in [-0.39, 0.29) is 11.2 Å². The number of aliphatic hydroxyl groups is 1. The Hall–Kier alpha value is -2.34. The summed E-state index contributed by atoms with van der Waals surface area (Å²) in [7, 11) is 1.65. The molecular formula is C20H25N3O2S. The molecule has 1 aliphatic rings. The van der Waals surface area contributed by atoms with Crippen molar-refractivity contribution in [3.63, 3.8) is 0 Å². The summed E-state index contributed by atoms with van der Waals surface area (Å²) in [5.74, 6) is 1.42. The summed E-state index contributed by atoms with van der Waals surface area (Å²) in [4.78, 5) is 6.55. The number of amidine groups is 1. The number of hydrogen-bond acceptors (Lipinski definition) is 5. The predicted molar refractivity (Wildman–Crippen MR) is 106 cm³/mol. The standard InChI is InChI=1S/C20H25N3O2S/c1-20(2,3)16-12-26-19(22-16)17-15(24)11-23(18(17)21)10-9-13-5-7-14(25-4)8-6-13/h5-8,12,21,24H,9-11H2,1-4H3. The van der Waals surface area contributed by atoms with Crippen LogP contribution in [-0.2, 0) is 11.8 Å². The number of aliphatic hydroxyl groups excluding tert-OH is 1. The molecule has 0 fully saturated rings. The summed E-state index contributed by atoms with van der Waals surface area (Å²) >= 11 is 1.49. The number of methoxy groups -OCH3 is 1. The van der Waals surface area contributed by atoms with Gasteiger partial charge in [-0.1, -0.05) is 32.9 Å². The van der Waals surface area contributed by atoms with Gasteiger partial charge >= 0.3 is 0 Å². The topological polar surface area (TPSA) is 69.4 Å². The Morgan fingerprint density at radius 2 is 1.96 bits per heavy atom. The number of aromatic nitrogens is 1. The largest absolute Gasteiger partial charge is 0.510 e. The van der Waals surface area contributed by atoms with Gasteiger partial charge in [-0.15, -0.1) is 11.3 Å². The van der Waals surface area contributed by atoms with Gasteiger partial charge in [0.25, 0.3) is 0 Å². The lowest BCUT2D eigenvalue weighted by Crippen LogP contribution is -2.28. The van der Waals surface area contributed by atoms with Gasteiger partial charge in [0.2, 0.25) is 0 Å². The Morgan fingerprint density at radius 3 is 2.54 bits per heavy atom. The van der Waals surface area contributed by atoms with Crippen LogP contribution in [0.5, 0.6) is 5.75 Å². The van der Waals surface area contributed by atoms with Crippen LogP contribution in [0.25, 0.3) is 5.57 Å². The van der Waals surface area contributed by atoms with Crippen LogP contribution in [0.1, 0.15) is 37.0 Å². The summed E-state index contributed by atoms with van der Waals surface area (Å²) in [6, 6.07) is 7.94. The minimum Gasteiger partial charge on any atom is -0.510 e. The van der Waals surface area contributed by atoms with Crippen LogP contribution in [0, 0.1) is 5.41 Å². The lowest BCUT2D eigenvalue weighted by molar-refractivity contribution is 0.351. The molecule has 0 unspecified atom stereocenters. The van der Waals surface area contributed by atoms with Gasteiger partial charge in [0.15, 0.2) is 0 Å². The highest BCUT2D eigenvalue weighted by Crippen LogP contribution is 2.32. The molecule has 0 radical (unpaired) electrons. The summed E-state index contributed by atoms with van der Waals surface area (Å²) in [6.07, 6.45) is 0.804. The van der Waals surface area contributed by atoms with Crippen LogP contribution >= 0.6 is 11.3 Å². The number of benzene rings is 1. The summed E-state index contributed by atoms with van der Waals surface area (Å²) in [6.45, 7) is 7.38. The molecule has 6 heteroatoms. The lowest BCUT2D eigenvalue weighted by Gasteiger charge is -2.18. The quantitative estimate of drug-likeness (QED) is 0.824. The fourth-order valence-electron chi connectivity index (χ4n) is 2.84. The molecule has 26 heavy (non-hydrogen) atoms. The summed E-state index contributed by atoms with van der Waals surface area (Å²) < 4.78 is 5.18. The van der Waals surface area contributed by atoms with Crippen molar-refractivity contribution in [2.24, 2.45) is 0 Å². The zero-order valence-electron chi connectivity index (χ0n) is 15.7. The van der Waals surface area contributed by atoms with E-state index in [0.717, 1.165) is 22.9 Å². The van der Waals surface area contributed by atoms with Gasteiger partial charge in [0, 0.05) is 17.3 Å². The van der Waals surface area contributed by atoms with Gasteiger partial charge in [-0.05, 0) is 24.1 Å². The van der Waals surface area contributed by atoms with Gasteiger partial charge in [-0.25, -0.2) is 4.98 Å². The van der Waals surface area contributed by atoms with E-state index in [1.807, 2.05) is 34.5 Å². The maximum Gasteiger partial charge on any atom is 0.135 e. The second-order valence-electron chi connectivity index (χ2n) is 7.48. The van der Waals surface area contributed by atoms with Crippen molar-refractivity contribution in [2.45, 2.75) is 32.6 Å². The Kier molecular flexibility index (Phi) is 5.05. The summed E-state index contributed by atoms with van der Waals surface area (Å²) in [5.41, 5.74) is 2.69. The molecule has 0 spiro atoms. The van der Waals surface area contributed by atoms with Crippen molar-refractivity contribution in [3.8, 4) is 5.75 Å². The molecule has 1 aliphatic heterocycles. The molecular weight excluding hydrogens is 346 g/mol. The van der Waals surface area contributed by atoms with E-state index >= 15 is 0 Å². The summed E-state index contributed by atoms with van der Waals surface area (Å²) in [5, 5.41) is 21.6. The van der Waals surface area contributed by atoms with Crippen LogP contribution in [-0.4, -0.2) is 41.0 Å². The molecule has 0 atom stereocenters. The Bertz CT molecular complexity index is 831. The van der Waals surface area contributed by atoms with E-state index in [1.165, 1.54) is 16.9 Å². The third kappa shape index (κ3) is 3.75. The molecule has 2 N–H and O–H groups in total. The Labute approximate surface area is 158 Å². The molecule has 1 aromatic heterocycles. The number of ether oxygens (including phenoxy) is 1. The van der Waals surface area contributed by atoms with E-state index < -0.39 is 0 Å². The zero-order valence-corrected chi connectivity index (χ0v) is 16.5. The van der Waals surface area contributed by atoms with E-state index in [0.29, 0.717) is 24.5 Å². The van der Waals surface area contributed by atoms with E-state index in [4.69, 9.17) is 10.1 Å². The average molecular weight is 372 g/mol. The van der Waals surface area contributed by atoms with Crippen LogP contribution in [0.3, 0.4) is 0 Å². The highest BCUT2D eigenvalue weighted by Gasteiger charge is 2.30. The fraction of sp³-hybridized carbons (Fsp3) is 0.400. The van der Waals surface area contributed by atoms with Crippen LogP contribution in [0.15, 0.2) is 35.4 Å². The van der Waals surface area contributed by atoms with Gasteiger partial charge in [0.05, 0.1) is 24.9 Å². The molecule has 1 aromatic carbocycles. The molecule has 2 heterocycles. The Morgan fingerprint density at radius 1 is 1.27 bits per heavy atom. The number of nitrogens with zero attached hydrogens (tertiary/aromatic N) is 2. The van der Waals surface area contributed by atoms with Crippen LogP contribution < -0.4 is 4.74 Å². The first-order valence-electron chi connectivity index (χ1n) is 8.65. The first-order chi connectivity index (χ1) is 12.3. The minimum absolute atomic E-state index is 0.0419. The van der Waals surface area contributed by atoms with Crippen molar-refractivity contribution in [1.82, 2.24) is 9.88 Å². The third-order valence-electron chi connectivity index (χ3n) is 4.50. The van der Waals surface area contributed by atoms with Crippen molar-refractivity contribution in [1.29, 1.82) is 5.41 Å². The molecule has 0 bridgehead atoms. The van der Waals surface area contributed by atoms with Gasteiger partial charge in [-0.3, -0.25) is 5.41 Å². The molecule has 0 saturated heterocycles. The molecule has 2 aromatic rings. The van der Waals surface area contributed by atoms with Gasteiger partial charge < -0.3 is 14.7 Å². The minimum atomic E-state index is -0.0419. The normalized spacial score (nSPS) is 15.1. The monoisotopic (exact) mass is 371 g/mol. The molecule has 138 valence electrons. The molecule has 0 amide bonds. The molecule has 0 aliphatic carbocycles. The Balaban J connectivity index is 1.68. The number of thiazole rings is 1. The SMILES string of the molecule is COc1ccc(CCN2CC(O)=C(c3nc(C(C)(C)C)cs3)C2=N)cc1. The molecule has 0 saturated carbocycles. The van der Waals surface area contributed by atoms with Crippen molar-refractivity contribution in [2.75, 3.05) is 20.2 Å². The number of rotatable bonds is 5. The fourth-order valence-corrected chi connectivity index (χ4v) is 3.95. The molecule has 3 rings (SSSR count). The van der Waals surface area contributed by atoms with Crippen molar-refractivity contribution < 1.29 is 9.84 Å². The van der Waals surface area contributed by atoms with E-state index in [2.05, 4.69) is 25.8 Å². The van der Waals surface area contributed by atoms with E-state index in [9.17, 15) is 5.11 Å². The van der Waals surface area contributed by atoms with Crippen molar-refractivity contribution >= 4 is 22.7 Å². The number of hydrogen-bond donors (Lipinski definition) is 2.